The van der Waals surface area contributed by atoms with Gasteiger partial charge in [0.05, 0.1) is 23.9 Å². The summed E-state index contributed by atoms with van der Waals surface area (Å²) in [6, 6.07) is 21.2. The molecule has 2 aromatic carbocycles. The van der Waals surface area contributed by atoms with Crippen LogP contribution in [0.2, 0.25) is 5.02 Å². The Kier molecular flexibility index (Phi) is 6.34. The summed E-state index contributed by atoms with van der Waals surface area (Å²) in [5.74, 6) is 2.13. The maximum Gasteiger partial charge on any atom is 0.174 e. The van der Waals surface area contributed by atoms with Crippen molar-refractivity contribution >= 4 is 50.5 Å². The number of benzene rings is 2. The van der Waals surface area contributed by atoms with Gasteiger partial charge in [0, 0.05) is 21.9 Å². The standard InChI is InChI=1S/C26H21BrClN3O2S/c1-15-6-8-17(18(27)13-15)21-10-11-23(33-21)25-24(20-5-3-4-12-29-20)30-26(34)31(25)16-7-9-22(32-2)19(28)14-16/h3-14,24-25H,1-2H3,(H,30,34)/t24-,25+/m1/s1. The number of aryl methyl sites for hydroxylation is 1. The normalized spacial score (nSPS) is 17.6. The molecule has 172 valence electrons. The highest BCUT2D eigenvalue weighted by atomic mass is 79.9. The predicted molar refractivity (Wildman–Crippen MR) is 143 cm³/mol. The fraction of sp³-hybridized carbons (Fsp3) is 0.154. The highest BCUT2D eigenvalue weighted by molar-refractivity contribution is 9.10. The number of halogens is 2. The largest absolute Gasteiger partial charge is 0.495 e. The van der Waals surface area contributed by atoms with Crippen LogP contribution in [-0.2, 0) is 0 Å². The maximum atomic E-state index is 6.46. The summed E-state index contributed by atoms with van der Waals surface area (Å²) in [6.07, 6.45) is 1.78. The molecule has 1 fully saturated rings. The monoisotopic (exact) mass is 553 g/mol. The number of rotatable bonds is 5. The van der Waals surface area contributed by atoms with E-state index in [0.717, 1.165) is 32.9 Å². The number of nitrogens with one attached hydrogen (secondary N) is 1. The molecule has 4 aromatic rings. The average Bonchev–Trinajstić information content (AvgIpc) is 3.44. The Labute approximate surface area is 216 Å². The number of nitrogens with zero attached hydrogens (tertiary/aromatic N) is 2. The Morgan fingerprint density at radius 3 is 2.68 bits per heavy atom. The van der Waals surface area contributed by atoms with Crippen LogP contribution >= 0.6 is 39.7 Å². The number of pyridine rings is 1. The van der Waals surface area contributed by atoms with Crippen LogP contribution in [-0.4, -0.2) is 17.2 Å². The van der Waals surface area contributed by atoms with Gasteiger partial charge in [-0.05, 0) is 79.3 Å². The number of aromatic nitrogens is 1. The molecule has 2 atom stereocenters. The van der Waals surface area contributed by atoms with Crippen molar-refractivity contribution in [1.29, 1.82) is 0 Å². The van der Waals surface area contributed by atoms with Gasteiger partial charge in [0.15, 0.2) is 5.11 Å². The summed E-state index contributed by atoms with van der Waals surface area (Å²) < 4.78 is 12.8. The summed E-state index contributed by atoms with van der Waals surface area (Å²) in [5.41, 5.74) is 3.86. The van der Waals surface area contributed by atoms with E-state index in [4.69, 9.17) is 33.0 Å². The van der Waals surface area contributed by atoms with E-state index in [1.807, 2.05) is 53.4 Å². The van der Waals surface area contributed by atoms with Crippen molar-refractivity contribution in [3.05, 3.63) is 99.4 Å². The van der Waals surface area contributed by atoms with E-state index in [-0.39, 0.29) is 12.1 Å². The lowest BCUT2D eigenvalue weighted by atomic mass is 10.0. The van der Waals surface area contributed by atoms with Crippen LogP contribution in [0.15, 0.2) is 81.8 Å². The number of thiocarbonyl (C=S) groups is 1. The second-order valence-electron chi connectivity index (χ2n) is 8.00. The lowest BCUT2D eigenvalue weighted by Gasteiger charge is -2.26. The molecule has 8 heteroatoms. The van der Waals surface area contributed by atoms with Crippen LogP contribution < -0.4 is 15.0 Å². The molecule has 1 aliphatic rings. The van der Waals surface area contributed by atoms with E-state index in [0.29, 0.717) is 15.9 Å². The number of methoxy groups -OCH3 is 1. The van der Waals surface area contributed by atoms with Gasteiger partial charge in [-0.15, -0.1) is 0 Å². The predicted octanol–water partition coefficient (Wildman–Crippen LogP) is 7.25. The molecule has 34 heavy (non-hydrogen) atoms. The number of hydrogen-bond acceptors (Lipinski definition) is 4. The average molecular weight is 555 g/mol. The van der Waals surface area contributed by atoms with Gasteiger partial charge in [0.1, 0.15) is 23.3 Å². The molecule has 0 amide bonds. The van der Waals surface area contributed by atoms with Crippen molar-refractivity contribution in [3.63, 3.8) is 0 Å². The Morgan fingerprint density at radius 1 is 1.12 bits per heavy atom. The first-order chi connectivity index (χ1) is 16.5. The topological polar surface area (TPSA) is 50.5 Å². The Hall–Kier alpha value is -2.87. The maximum absolute atomic E-state index is 6.46. The molecule has 1 saturated heterocycles. The number of ether oxygens (including phenoxy) is 1. The Morgan fingerprint density at radius 2 is 1.97 bits per heavy atom. The number of furan rings is 1. The molecular weight excluding hydrogens is 534 g/mol. The van der Waals surface area contributed by atoms with Crippen LogP contribution in [0.3, 0.4) is 0 Å². The van der Waals surface area contributed by atoms with Gasteiger partial charge in [-0.2, -0.15) is 0 Å². The molecule has 0 saturated carbocycles. The molecule has 0 spiro atoms. The fourth-order valence-corrected chi connectivity index (χ4v) is 5.49. The van der Waals surface area contributed by atoms with E-state index in [1.165, 1.54) is 5.56 Å². The van der Waals surface area contributed by atoms with Gasteiger partial charge in [-0.3, -0.25) is 4.98 Å². The second kappa shape index (κ2) is 9.41. The number of anilines is 1. The second-order valence-corrected chi connectivity index (χ2v) is 9.65. The van der Waals surface area contributed by atoms with Crippen LogP contribution in [0, 0.1) is 6.92 Å². The third-order valence-corrected chi connectivity index (χ3v) is 7.09. The Bertz CT molecular complexity index is 1360. The molecular formula is C26H21BrClN3O2S. The van der Waals surface area contributed by atoms with Gasteiger partial charge >= 0.3 is 0 Å². The molecule has 0 bridgehead atoms. The lowest BCUT2D eigenvalue weighted by molar-refractivity contribution is 0.415. The number of hydrogen-bond donors (Lipinski definition) is 1. The van der Waals surface area contributed by atoms with E-state index in [9.17, 15) is 0 Å². The van der Waals surface area contributed by atoms with Crippen LogP contribution in [0.5, 0.6) is 5.75 Å². The zero-order valence-electron chi connectivity index (χ0n) is 18.5. The first-order valence-corrected chi connectivity index (χ1v) is 12.2. The van der Waals surface area contributed by atoms with Crippen molar-refractivity contribution in [2.24, 2.45) is 0 Å². The zero-order chi connectivity index (χ0) is 23.8. The molecule has 1 aliphatic heterocycles. The Balaban J connectivity index is 1.61. The molecule has 0 radical (unpaired) electrons. The van der Waals surface area contributed by atoms with E-state index in [2.05, 4.69) is 51.4 Å². The van der Waals surface area contributed by atoms with Gasteiger partial charge in [-0.1, -0.05) is 39.7 Å². The summed E-state index contributed by atoms with van der Waals surface area (Å²) in [5, 5.41) is 4.51. The minimum absolute atomic E-state index is 0.213. The quantitative estimate of drug-likeness (QED) is 0.262. The first kappa shape index (κ1) is 22.9. The fourth-order valence-electron chi connectivity index (χ4n) is 4.20. The minimum atomic E-state index is -0.273. The van der Waals surface area contributed by atoms with Crippen molar-refractivity contribution in [1.82, 2.24) is 10.3 Å². The van der Waals surface area contributed by atoms with E-state index >= 15 is 0 Å². The summed E-state index contributed by atoms with van der Waals surface area (Å²) in [4.78, 5) is 6.61. The van der Waals surface area contributed by atoms with Gasteiger partial charge in [0.25, 0.3) is 0 Å². The first-order valence-electron chi connectivity index (χ1n) is 10.7. The van der Waals surface area contributed by atoms with Crippen molar-refractivity contribution < 1.29 is 9.15 Å². The SMILES string of the molecule is COc1ccc(N2C(=S)N[C@H](c3ccccn3)[C@@H]2c2ccc(-c3ccc(C)cc3Br)o2)cc1Cl. The van der Waals surface area contributed by atoms with E-state index in [1.54, 1.807) is 13.3 Å². The third-order valence-electron chi connectivity index (χ3n) is 5.82. The van der Waals surface area contributed by atoms with Gasteiger partial charge in [0.2, 0.25) is 0 Å². The highest BCUT2D eigenvalue weighted by Crippen LogP contribution is 2.44. The van der Waals surface area contributed by atoms with Crippen molar-refractivity contribution in [2.45, 2.75) is 19.0 Å². The molecule has 5 rings (SSSR count). The highest BCUT2D eigenvalue weighted by Gasteiger charge is 2.42. The molecule has 5 nitrogen and oxygen atoms in total. The molecule has 3 heterocycles. The minimum Gasteiger partial charge on any atom is -0.495 e. The van der Waals surface area contributed by atoms with Crippen LogP contribution in [0.4, 0.5) is 5.69 Å². The van der Waals surface area contributed by atoms with Gasteiger partial charge < -0.3 is 19.4 Å². The summed E-state index contributed by atoms with van der Waals surface area (Å²) >= 11 is 15.9. The van der Waals surface area contributed by atoms with Crippen LogP contribution in [0.25, 0.3) is 11.3 Å². The van der Waals surface area contributed by atoms with Crippen molar-refractivity contribution in [3.8, 4) is 17.1 Å². The molecule has 0 unspecified atom stereocenters. The summed E-state index contributed by atoms with van der Waals surface area (Å²) in [6.45, 7) is 2.06. The zero-order valence-corrected chi connectivity index (χ0v) is 21.6. The smallest absolute Gasteiger partial charge is 0.174 e. The molecule has 1 N–H and O–H groups in total. The third kappa shape index (κ3) is 4.19. The van der Waals surface area contributed by atoms with Gasteiger partial charge in [-0.25, -0.2) is 0 Å². The lowest BCUT2D eigenvalue weighted by Crippen LogP contribution is -2.29. The van der Waals surface area contributed by atoms with Crippen LogP contribution in [0.1, 0.15) is 29.1 Å². The summed E-state index contributed by atoms with van der Waals surface area (Å²) in [7, 11) is 1.59. The van der Waals surface area contributed by atoms with E-state index < -0.39 is 0 Å². The molecule has 0 aliphatic carbocycles. The molecule has 2 aromatic heterocycles. The van der Waals surface area contributed by atoms with Crippen molar-refractivity contribution in [2.75, 3.05) is 12.0 Å².